The van der Waals surface area contributed by atoms with Crippen molar-refractivity contribution in [2.45, 2.75) is 27.3 Å². The molecule has 0 fully saturated rings. The lowest BCUT2D eigenvalue weighted by molar-refractivity contribution is 0.718. The molecular weight excluding hydrogens is 252 g/mol. The van der Waals surface area contributed by atoms with Crippen molar-refractivity contribution in [1.29, 1.82) is 0 Å². The van der Waals surface area contributed by atoms with Crippen molar-refractivity contribution < 1.29 is 0 Å². The van der Waals surface area contributed by atoms with Crippen LogP contribution in [0.2, 0.25) is 0 Å². The summed E-state index contributed by atoms with van der Waals surface area (Å²) in [5.41, 5.74) is 0.416. The Kier molecular flexibility index (Phi) is 6.05. The van der Waals surface area contributed by atoms with Crippen molar-refractivity contribution in [1.82, 2.24) is 9.55 Å². The number of aromatic nitrogens is 2. The maximum absolute atomic E-state index is 11.7. The minimum atomic E-state index is -0.446. The van der Waals surface area contributed by atoms with Crippen LogP contribution in [-0.2, 0) is 6.54 Å². The molecule has 0 aliphatic rings. The number of benzene rings is 1. The van der Waals surface area contributed by atoms with E-state index in [2.05, 4.69) is 16.8 Å². The lowest BCUT2D eigenvalue weighted by Crippen LogP contribution is -2.31. The van der Waals surface area contributed by atoms with Gasteiger partial charge < -0.3 is 0 Å². The first kappa shape index (κ1) is 15.5. The van der Waals surface area contributed by atoms with E-state index in [0.717, 1.165) is 5.56 Å². The molecule has 0 radical (unpaired) electrons. The highest BCUT2D eigenvalue weighted by molar-refractivity contribution is 5.29. The van der Waals surface area contributed by atoms with Gasteiger partial charge in [0.05, 0.1) is 6.54 Å². The molecule has 0 spiro atoms. The number of hydrogen-bond donors (Lipinski definition) is 1. The van der Waals surface area contributed by atoms with Crippen LogP contribution in [0.5, 0.6) is 0 Å². The van der Waals surface area contributed by atoms with Gasteiger partial charge in [-0.2, -0.15) is 0 Å². The molecule has 1 aromatic heterocycles. The van der Waals surface area contributed by atoms with Crippen molar-refractivity contribution in [2.75, 3.05) is 0 Å². The highest BCUT2D eigenvalue weighted by Gasteiger charge is 2.02. The summed E-state index contributed by atoms with van der Waals surface area (Å²) >= 11 is 0. The number of aromatic amines is 1. The number of nitrogens with zero attached hydrogens (tertiary/aromatic N) is 1. The Labute approximate surface area is 118 Å². The third-order valence-corrected chi connectivity index (χ3v) is 2.47. The predicted molar refractivity (Wildman–Crippen MR) is 80.8 cm³/mol. The van der Waals surface area contributed by atoms with Gasteiger partial charge in [0.25, 0.3) is 5.56 Å². The molecule has 0 bridgehead atoms. The summed E-state index contributed by atoms with van der Waals surface area (Å²) in [5, 5.41) is 0. The van der Waals surface area contributed by atoms with Crippen molar-refractivity contribution in [2.24, 2.45) is 0 Å². The maximum atomic E-state index is 11.7. The minimum absolute atomic E-state index is 0.299. The minimum Gasteiger partial charge on any atom is -0.295 e. The Morgan fingerprint density at radius 2 is 1.80 bits per heavy atom. The first-order valence-corrected chi connectivity index (χ1v) is 6.51. The van der Waals surface area contributed by atoms with Crippen LogP contribution in [0, 0.1) is 11.8 Å². The quantitative estimate of drug-likeness (QED) is 0.848. The Balaban J connectivity index is 0.000000956. The largest absolute Gasteiger partial charge is 0.328 e. The fraction of sp³-hybridized carbons (Fsp3) is 0.250. The van der Waals surface area contributed by atoms with Crippen molar-refractivity contribution in [3.05, 3.63) is 68.5 Å². The molecular formula is C16H18N2O2. The molecule has 0 saturated carbocycles. The van der Waals surface area contributed by atoms with E-state index in [1.165, 1.54) is 10.8 Å². The molecule has 20 heavy (non-hydrogen) atoms. The average molecular weight is 270 g/mol. The van der Waals surface area contributed by atoms with Gasteiger partial charge in [-0.15, -0.1) is 5.92 Å². The molecule has 0 atom stereocenters. The zero-order chi connectivity index (χ0) is 15.0. The monoisotopic (exact) mass is 270 g/mol. The molecule has 0 aliphatic heterocycles. The summed E-state index contributed by atoms with van der Waals surface area (Å²) in [7, 11) is 0. The number of hydrogen-bond acceptors (Lipinski definition) is 2. The molecule has 1 aromatic carbocycles. The summed E-state index contributed by atoms with van der Waals surface area (Å²) in [4.78, 5) is 25.4. The summed E-state index contributed by atoms with van der Waals surface area (Å²) in [5.74, 6) is 5.33. The highest BCUT2D eigenvalue weighted by atomic mass is 16.2. The molecule has 2 rings (SSSR count). The lowest BCUT2D eigenvalue weighted by atomic mass is 10.2. The number of nitrogens with one attached hydrogen (secondary N) is 1. The Hall–Kier alpha value is -2.54. The van der Waals surface area contributed by atoms with Gasteiger partial charge in [0.1, 0.15) is 5.56 Å². The van der Waals surface area contributed by atoms with Gasteiger partial charge in [0.2, 0.25) is 0 Å². The van der Waals surface area contributed by atoms with Crippen LogP contribution in [0.25, 0.3) is 0 Å². The molecule has 0 unspecified atom stereocenters. The van der Waals surface area contributed by atoms with Gasteiger partial charge in [0, 0.05) is 6.20 Å². The topological polar surface area (TPSA) is 54.9 Å². The van der Waals surface area contributed by atoms with Crippen LogP contribution in [0.1, 0.15) is 31.9 Å². The highest BCUT2D eigenvalue weighted by Crippen LogP contribution is 2.00. The van der Waals surface area contributed by atoms with E-state index in [9.17, 15) is 9.59 Å². The van der Waals surface area contributed by atoms with Gasteiger partial charge in [-0.3, -0.25) is 14.3 Å². The van der Waals surface area contributed by atoms with Crippen LogP contribution in [0.4, 0.5) is 0 Å². The van der Waals surface area contributed by atoms with E-state index in [1.54, 1.807) is 6.92 Å². The van der Waals surface area contributed by atoms with Crippen LogP contribution in [0.15, 0.2) is 46.1 Å². The van der Waals surface area contributed by atoms with E-state index < -0.39 is 11.2 Å². The second kappa shape index (κ2) is 7.80. The molecule has 4 heteroatoms. The molecule has 0 aliphatic carbocycles. The number of H-pyrrole nitrogens is 1. The molecule has 104 valence electrons. The Morgan fingerprint density at radius 3 is 2.40 bits per heavy atom. The van der Waals surface area contributed by atoms with Gasteiger partial charge in [-0.1, -0.05) is 50.1 Å². The molecule has 1 heterocycles. The Morgan fingerprint density at radius 1 is 1.15 bits per heavy atom. The molecule has 0 amide bonds. The number of rotatable bonds is 2. The Bertz CT molecular complexity index is 716. The van der Waals surface area contributed by atoms with Gasteiger partial charge in [-0.25, -0.2) is 4.79 Å². The van der Waals surface area contributed by atoms with Gasteiger partial charge in [-0.05, 0) is 12.5 Å². The molecule has 2 aromatic rings. The van der Waals surface area contributed by atoms with E-state index >= 15 is 0 Å². The summed E-state index contributed by atoms with van der Waals surface area (Å²) in [6.07, 6.45) is 1.49. The van der Waals surface area contributed by atoms with Crippen molar-refractivity contribution in [3.8, 4) is 11.8 Å². The van der Waals surface area contributed by atoms with Crippen LogP contribution < -0.4 is 11.2 Å². The predicted octanol–water partition coefficient (Wildman–Crippen LogP) is 1.98. The van der Waals surface area contributed by atoms with Crippen molar-refractivity contribution >= 4 is 0 Å². The third-order valence-electron chi connectivity index (χ3n) is 2.47. The van der Waals surface area contributed by atoms with Crippen LogP contribution in [0.3, 0.4) is 0 Å². The normalized spacial score (nSPS) is 8.95. The fourth-order valence-electron chi connectivity index (χ4n) is 1.63. The first-order valence-electron chi connectivity index (χ1n) is 6.51. The van der Waals surface area contributed by atoms with Crippen LogP contribution in [-0.4, -0.2) is 9.55 Å². The van der Waals surface area contributed by atoms with E-state index in [-0.39, 0.29) is 0 Å². The molecule has 4 nitrogen and oxygen atoms in total. The second-order valence-electron chi connectivity index (χ2n) is 3.79. The zero-order valence-corrected chi connectivity index (χ0v) is 11.9. The maximum Gasteiger partial charge on any atom is 0.328 e. The van der Waals surface area contributed by atoms with Crippen LogP contribution >= 0.6 is 0 Å². The average Bonchev–Trinajstić information content (AvgIpc) is 2.47. The summed E-state index contributed by atoms with van der Waals surface area (Å²) < 4.78 is 1.44. The fourth-order valence-corrected chi connectivity index (χ4v) is 1.63. The standard InChI is InChI=1S/C14H12N2O2.C2H6/c1-2-6-12-10-16(14(18)15-13(12)17)9-11-7-4-3-5-8-11;1-2/h3-5,7-8,10H,9H2,1H3,(H,15,17,18);1-2H3. The van der Waals surface area contributed by atoms with E-state index in [4.69, 9.17) is 0 Å². The first-order chi connectivity index (χ1) is 9.70. The lowest BCUT2D eigenvalue weighted by Gasteiger charge is -2.05. The third kappa shape index (κ3) is 3.99. The van der Waals surface area contributed by atoms with E-state index in [1.807, 2.05) is 44.2 Å². The molecule has 1 N–H and O–H groups in total. The second-order valence-corrected chi connectivity index (χ2v) is 3.79. The smallest absolute Gasteiger partial charge is 0.295 e. The van der Waals surface area contributed by atoms with Crippen molar-refractivity contribution in [3.63, 3.8) is 0 Å². The summed E-state index contributed by atoms with van der Waals surface area (Å²) in [6, 6.07) is 9.55. The molecule has 0 saturated heterocycles. The zero-order valence-electron chi connectivity index (χ0n) is 11.9. The van der Waals surface area contributed by atoms with Gasteiger partial charge >= 0.3 is 5.69 Å². The summed E-state index contributed by atoms with van der Waals surface area (Å²) in [6.45, 7) is 6.06. The van der Waals surface area contributed by atoms with E-state index in [0.29, 0.717) is 12.1 Å². The van der Waals surface area contributed by atoms with Gasteiger partial charge in [0.15, 0.2) is 0 Å². The SMILES string of the molecule is CC.CC#Cc1cn(Cc2ccccc2)c(=O)[nH]c1=O.